The number of nitrogens with one attached hydrogen (secondary N) is 1. The Kier molecular flexibility index (Phi) is 4.55. The minimum absolute atomic E-state index is 0.0675. The molecule has 3 aromatic rings. The van der Waals surface area contributed by atoms with Crippen molar-refractivity contribution < 1.29 is 10.2 Å². The Morgan fingerprint density at radius 1 is 1.26 bits per heavy atom. The predicted molar refractivity (Wildman–Crippen MR) is 101 cm³/mol. The van der Waals surface area contributed by atoms with E-state index < -0.39 is 11.2 Å². The number of allylic oxidation sites excluding steroid dienone is 1. The Bertz CT molecular complexity index is 1180. The highest BCUT2D eigenvalue weighted by molar-refractivity contribution is 5.84. The van der Waals surface area contributed by atoms with Crippen molar-refractivity contribution in [3.05, 3.63) is 57.3 Å². The number of benzene rings is 1. The number of aromatic nitrogens is 4. The SMILES string of the molecule is C=CCn1c(NN=Cc2ccc(O)cc2O)nc2c1c(=O)n(C)c(=O)n2C. The molecule has 0 unspecified atom stereocenters. The smallest absolute Gasteiger partial charge is 0.332 e. The lowest BCUT2D eigenvalue weighted by atomic mass is 10.2. The quantitative estimate of drug-likeness (QED) is 0.341. The van der Waals surface area contributed by atoms with Gasteiger partial charge in [0.05, 0.1) is 6.21 Å². The zero-order valence-electron chi connectivity index (χ0n) is 14.7. The van der Waals surface area contributed by atoms with E-state index in [-0.39, 0.29) is 35.2 Å². The number of hydrogen-bond acceptors (Lipinski definition) is 7. The highest BCUT2D eigenvalue weighted by atomic mass is 16.3. The summed E-state index contributed by atoms with van der Waals surface area (Å²) in [6, 6.07) is 4.09. The Balaban J connectivity index is 2.07. The molecule has 0 saturated heterocycles. The number of nitrogens with zero attached hydrogens (tertiary/aromatic N) is 5. The number of fused-ring (bicyclic) bond motifs is 1. The molecule has 0 aliphatic heterocycles. The molecule has 0 spiro atoms. The van der Waals surface area contributed by atoms with Gasteiger partial charge in [-0.1, -0.05) is 6.08 Å². The first-order valence-corrected chi connectivity index (χ1v) is 7.93. The minimum Gasteiger partial charge on any atom is -0.508 e. The first-order valence-electron chi connectivity index (χ1n) is 7.93. The zero-order chi connectivity index (χ0) is 19.7. The van der Waals surface area contributed by atoms with Gasteiger partial charge in [0.25, 0.3) is 5.56 Å². The average Bonchev–Trinajstić information content (AvgIpc) is 2.99. The monoisotopic (exact) mass is 370 g/mol. The summed E-state index contributed by atoms with van der Waals surface area (Å²) in [5.74, 6) is 0.0243. The highest BCUT2D eigenvalue weighted by Gasteiger charge is 2.18. The van der Waals surface area contributed by atoms with Crippen molar-refractivity contribution in [2.45, 2.75) is 6.54 Å². The summed E-state index contributed by atoms with van der Waals surface area (Å²) >= 11 is 0. The van der Waals surface area contributed by atoms with Crippen LogP contribution in [-0.4, -0.2) is 35.1 Å². The lowest BCUT2D eigenvalue weighted by Gasteiger charge is -2.06. The van der Waals surface area contributed by atoms with Gasteiger partial charge in [-0.25, -0.2) is 10.2 Å². The molecule has 1 aromatic carbocycles. The molecule has 0 amide bonds. The summed E-state index contributed by atoms with van der Waals surface area (Å²) in [7, 11) is 2.92. The molecule has 2 heterocycles. The Hall–Kier alpha value is -3.82. The Morgan fingerprint density at radius 2 is 2.00 bits per heavy atom. The number of aromatic hydroxyl groups is 2. The summed E-state index contributed by atoms with van der Waals surface area (Å²) in [6.45, 7) is 3.94. The molecule has 3 rings (SSSR count). The van der Waals surface area contributed by atoms with E-state index in [1.54, 1.807) is 10.6 Å². The second kappa shape index (κ2) is 6.83. The fraction of sp³-hybridized carbons (Fsp3) is 0.176. The van der Waals surface area contributed by atoms with E-state index in [2.05, 4.69) is 22.1 Å². The largest absolute Gasteiger partial charge is 0.508 e. The molecule has 0 bridgehead atoms. The lowest BCUT2D eigenvalue weighted by molar-refractivity contribution is 0.450. The number of anilines is 1. The maximum Gasteiger partial charge on any atom is 0.332 e. The van der Waals surface area contributed by atoms with Crippen molar-refractivity contribution in [3.63, 3.8) is 0 Å². The number of hydrazone groups is 1. The summed E-state index contributed by atoms with van der Waals surface area (Å²) < 4.78 is 3.83. The van der Waals surface area contributed by atoms with Gasteiger partial charge in [-0.2, -0.15) is 10.1 Å². The summed E-state index contributed by atoms with van der Waals surface area (Å²) in [4.78, 5) is 28.9. The molecule has 140 valence electrons. The maximum absolute atomic E-state index is 12.5. The second-order valence-electron chi connectivity index (χ2n) is 5.83. The van der Waals surface area contributed by atoms with Crippen LogP contribution in [0.4, 0.5) is 5.95 Å². The van der Waals surface area contributed by atoms with E-state index in [1.165, 1.54) is 43.1 Å². The summed E-state index contributed by atoms with van der Waals surface area (Å²) in [5.41, 5.74) is 2.57. The van der Waals surface area contributed by atoms with Crippen LogP contribution >= 0.6 is 0 Å². The molecule has 0 radical (unpaired) electrons. The summed E-state index contributed by atoms with van der Waals surface area (Å²) in [5, 5.41) is 23.1. The van der Waals surface area contributed by atoms with Gasteiger partial charge in [-0.15, -0.1) is 6.58 Å². The van der Waals surface area contributed by atoms with Gasteiger partial charge in [0.1, 0.15) is 11.5 Å². The van der Waals surface area contributed by atoms with Gasteiger partial charge in [0.2, 0.25) is 5.95 Å². The second-order valence-corrected chi connectivity index (χ2v) is 5.83. The number of imidazole rings is 1. The number of phenols is 2. The van der Waals surface area contributed by atoms with Crippen molar-refractivity contribution in [2.24, 2.45) is 19.2 Å². The van der Waals surface area contributed by atoms with Gasteiger partial charge in [0.15, 0.2) is 11.2 Å². The van der Waals surface area contributed by atoms with E-state index in [0.29, 0.717) is 5.56 Å². The molecular weight excluding hydrogens is 352 g/mol. The van der Waals surface area contributed by atoms with Gasteiger partial charge in [-0.05, 0) is 12.1 Å². The standard InChI is InChI=1S/C17H18N6O4/c1-4-7-23-13-14(21(2)17(27)22(3)15(13)26)19-16(23)20-18-9-10-5-6-11(24)8-12(10)25/h4-6,8-9,24-25H,1,7H2,2-3H3,(H,19,20). The van der Waals surface area contributed by atoms with Gasteiger partial charge in [-0.3, -0.25) is 18.5 Å². The third-order valence-corrected chi connectivity index (χ3v) is 4.04. The molecule has 0 atom stereocenters. The molecule has 10 nitrogen and oxygen atoms in total. The molecule has 2 aromatic heterocycles. The molecule has 27 heavy (non-hydrogen) atoms. The van der Waals surface area contributed by atoms with Crippen LogP contribution in [0.2, 0.25) is 0 Å². The van der Waals surface area contributed by atoms with Crippen molar-refractivity contribution in [2.75, 3.05) is 5.43 Å². The van der Waals surface area contributed by atoms with Crippen LogP contribution in [0, 0.1) is 0 Å². The normalized spacial score (nSPS) is 11.3. The van der Waals surface area contributed by atoms with E-state index in [4.69, 9.17) is 0 Å². The van der Waals surface area contributed by atoms with Crippen LogP contribution in [-0.2, 0) is 20.6 Å². The number of phenolic OH excluding ortho intramolecular Hbond substituents is 2. The van der Waals surface area contributed by atoms with Crippen molar-refractivity contribution >= 4 is 23.3 Å². The predicted octanol–water partition coefficient (Wildman–Crippen LogP) is 0.477. The van der Waals surface area contributed by atoms with Crippen LogP contribution < -0.4 is 16.7 Å². The minimum atomic E-state index is -0.486. The maximum atomic E-state index is 12.5. The van der Waals surface area contributed by atoms with Crippen LogP contribution in [0.15, 0.2) is 45.5 Å². The first kappa shape index (κ1) is 18.0. The van der Waals surface area contributed by atoms with E-state index >= 15 is 0 Å². The molecule has 0 aliphatic carbocycles. The molecule has 0 saturated carbocycles. The fourth-order valence-corrected chi connectivity index (χ4v) is 2.64. The first-order chi connectivity index (χ1) is 12.8. The molecule has 10 heteroatoms. The fourth-order valence-electron chi connectivity index (χ4n) is 2.64. The topological polar surface area (TPSA) is 127 Å². The average molecular weight is 370 g/mol. The molecule has 0 aliphatic rings. The van der Waals surface area contributed by atoms with Gasteiger partial charge in [0, 0.05) is 32.3 Å². The van der Waals surface area contributed by atoms with E-state index in [9.17, 15) is 19.8 Å². The van der Waals surface area contributed by atoms with Crippen LogP contribution in [0.1, 0.15) is 5.56 Å². The van der Waals surface area contributed by atoms with Crippen LogP contribution in [0.25, 0.3) is 11.2 Å². The third kappa shape index (κ3) is 3.08. The van der Waals surface area contributed by atoms with Crippen molar-refractivity contribution in [3.8, 4) is 11.5 Å². The zero-order valence-corrected chi connectivity index (χ0v) is 14.7. The number of aryl methyl sites for hydroxylation is 1. The lowest BCUT2D eigenvalue weighted by Crippen LogP contribution is -2.37. The van der Waals surface area contributed by atoms with Crippen molar-refractivity contribution in [1.29, 1.82) is 0 Å². The van der Waals surface area contributed by atoms with Crippen molar-refractivity contribution in [1.82, 2.24) is 18.7 Å². The van der Waals surface area contributed by atoms with Gasteiger partial charge >= 0.3 is 5.69 Å². The van der Waals surface area contributed by atoms with Gasteiger partial charge < -0.3 is 10.2 Å². The molecule has 0 fully saturated rings. The summed E-state index contributed by atoms with van der Waals surface area (Å²) in [6.07, 6.45) is 2.93. The van der Waals surface area contributed by atoms with E-state index in [1.807, 2.05) is 0 Å². The van der Waals surface area contributed by atoms with Crippen LogP contribution in [0.3, 0.4) is 0 Å². The third-order valence-electron chi connectivity index (χ3n) is 4.04. The number of hydrogen-bond donors (Lipinski definition) is 3. The Labute approximate surface area is 152 Å². The Morgan fingerprint density at radius 3 is 2.67 bits per heavy atom. The van der Waals surface area contributed by atoms with Crippen LogP contribution in [0.5, 0.6) is 11.5 Å². The molecular formula is C17H18N6O4. The van der Waals surface area contributed by atoms with E-state index in [0.717, 1.165) is 4.57 Å². The number of rotatable bonds is 5. The highest BCUT2D eigenvalue weighted by Crippen LogP contribution is 2.21. The molecule has 3 N–H and O–H groups in total.